The molecule has 1 amide bonds. The van der Waals surface area contributed by atoms with Gasteiger partial charge < -0.3 is 5.32 Å². The molecule has 0 saturated carbocycles. The van der Waals surface area contributed by atoms with Crippen LogP contribution in [0.15, 0.2) is 0 Å². The first kappa shape index (κ1) is 11.5. The molecule has 88 valence electrons. The number of hydrogen-bond donors (Lipinski definition) is 1. The van der Waals surface area contributed by atoms with E-state index in [0.29, 0.717) is 11.6 Å². The van der Waals surface area contributed by atoms with Gasteiger partial charge in [0.15, 0.2) is 9.84 Å². The third kappa shape index (κ3) is 2.56. The minimum absolute atomic E-state index is 0.0589. The van der Waals surface area contributed by atoms with E-state index in [1.165, 1.54) is 11.3 Å². The van der Waals surface area contributed by atoms with Gasteiger partial charge >= 0.3 is 0 Å². The van der Waals surface area contributed by atoms with Crippen molar-refractivity contribution in [3.8, 4) is 0 Å². The van der Waals surface area contributed by atoms with Gasteiger partial charge in [-0.1, -0.05) is 11.3 Å². The minimum Gasteiger partial charge on any atom is -0.300 e. The zero-order chi connectivity index (χ0) is 11.8. The van der Waals surface area contributed by atoms with E-state index in [1.807, 2.05) is 0 Å². The topological polar surface area (TPSA) is 89.0 Å². The lowest BCUT2D eigenvalue weighted by Crippen LogP contribution is -2.23. The third-order valence-electron chi connectivity index (χ3n) is 2.36. The highest BCUT2D eigenvalue weighted by Crippen LogP contribution is 2.21. The fourth-order valence-electron chi connectivity index (χ4n) is 1.56. The molecule has 16 heavy (non-hydrogen) atoms. The van der Waals surface area contributed by atoms with Gasteiger partial charge in [-0.3, -0.25) is 4.79 Å². The van der Waals surface area contributed by atoms with Gasteiger partial charge in [-0.2, -0.15) is 0 Å². The highest BCUT2D eigenvalue weighted by atomic mass is 32.2. The molecule has 1 fully saturated rings. The summed E-state index contributed by atoms with van der Waals surface area (Å²) in [5, 5.41) is 11.3. The molecule has 1 atom stereocenters. The van der Waals surface area contributed by atoms with E-state index in [1.54, 1.807) is 6.92 Å². The second-order valence-corrected chi connectivity index (χ2v) is 7.13. The standard InChI is InChI=1S/C8H11N3O3S2/c1-5-10-11-8(15-5)9-7(12)6-2-3-16(13,14)4-6/h6H,2-4H2,1H3,(H,9,11,12). The first-order chi connectivity index (χ1) is 7.46. The van der Waals surface area contributed by atoms with Crippen LogP contribution >= 0.6 is 11.3 Å². The Hall–Kier alpha value is -1.02. The van der Waals surface area contributed by atoms with E-state index in [9.17, 15) is 13.2 Å². The van der Waals surface area contributed by atoms with E-state index < -0.39 is 15.8 Å². The smallest absolute Gasteiger partial charge is 0.230 e. The molecule has 0 spiro atoms. The van der Waals surface area contributed by atoms with Gasteiger partial charge in [-0.25, -0.2) is 8.42 Å². The van der Waals surface area contributed by atoms with Gasteiger partial charge in [0.1, 0.15) is 5.01 Å². The van der Waals surface area contributed by atoms with Crippen LogP contribution in [-0.2, 0) is 14.6 Å². The monoisotopic (exact) mass is 261 g/mol. The van der Waals surface area contributed by atoms with Gasteiger partial charge in [0.05, 0.1) is 17.4 Å². The van der Waals surface area contributed by atoms with Crippen LogP contribution < -0.4 is 5.32 Å². The van der Waals surface area contributed by atoms with Gasteiger partial charge in [-0.05, 0) is 13.3 Å². The number of carbonyl (C=O) groups excluding carboxylic acids is 1. The predicted molar refractivity (Wildman–Crippen MR) is 60.0 cm³/mol. The van der Waals surface area contributed by atoms with Crippen molar-refractivity contribution in [1.82, 2.24) is 10.2 Å². The Kier molecular flexibility index (Phi) is 2.94. The number of anilines is 1. The fourth-order valence-corrected chi connectivity index (χ4v) is 3.89. The summed E-state index contributed by atoms with van der Waals surface area (Å²) in [6, 6.07) is 0. The molecule has 1 N–H and O–H groups in total. The second kappa shape index (κ2) is 4.10. The number of aryl methyl sites for hydroxylation is 1. The second-order valence-electron chi connectivity index (χ2n) is 3.72. The SMILES string of the molecule is Cc1nnc(NC(=O)C2CCS(=O)(=O)C2)s1. The molecule has 1 aromatic heterocycles. The summed E-state index contributed by atoms with van der Waals surface area (Å²) in [5.74, 6) is -0.692. The molecule has 1 unspecified atom stereocenters. The summed E-state index contributed by atoms with van der Waals surface area (Å²) in [6.45, 7) is 1.79. The van der Waals surface area contributed by atoms with Crippen LogP contribution in [0.5, 0.6) is 0 Å². The van der Waals surface area contributed by atoms with Crippen LogP contribution in [0.3, 0.4) is 0 Å². The fraction of sp³-hybridized carbons (Fsp3) is 0.625. The van der Waals surface area contributed by atoms with E-state index in [2.05, 4.69) is 15.5 Å². The maximum atomic E-state index is 11.7. The lowest BCUT2D eigenvalue weighted by Gasteiger charge is -2.05. The van der Waals surface area contributed by atoms with Crippen LogP contribution in [0.1, 0.15) is 11.4 Å². The van der Waals surface area contributed by atoms with Crippen molar-refractivity contribution in [2.24, 2.45) is 5.92 Å². The summed E-state index contributed by atoms with van der Waals surface area (Å²) in [5.41, 5.74) is 0. The molecule has 8 heteroatoms. The number of sulfone groups is 1. The van der Waals surface area contributed by atoms with E-state index >= 15 is 0 Å². The molecule has 1 aliphatic heterocycles. The number of aromatic nitrogens is 2. The number of nitrogens with zero attached hydrogens (tertiary/aromatic N) is 2. The molecular formula is C8H11N3O3S2. The Morgan fingerprint density at radius 2 is 2.25 bits per heavy atom. The van der Waals surface area contributed by atoms with E-state index in [4.69, 9.17) is 0 Å². The molecule has 1 saturated heterocycles. The molecule has 0 radical (unpaired) electrons. The first-order valence-electron chi connectivity index (χ1n) is 4.78. The lowest BCUT2D eigenvalue weighted by molar-refractivity contribution is -0.119. The maximum absolute atomic E-state index is 11.7. The van der Waals surface area contributed by atoms with Crippen LogP contribution in [0.4, 0.5) is 5.13 Å². The maximum Gasteiger partial charge on any atom is 0.230 e. The van der Waals surface area contributed by atoms with Crippen molar-refractivity contribution >= 4 is 32.2 Å². The first-order valence-corrected chi connectivity index (χ1v) is 7.41. The Labute approximate surface area is 97.0 Å². The zero-order valence-electron chi connectivity index (χ0n) is 8.63. The lowest BCUT2D eigenvalue weighted by atomic mass is 10.1. The van der Waals surface area contributed by atoms with Gasteiger partial charge in [-0.15, -0.1) is 10.2 Å². The molecule has 1 aromatic rings. The summed E-state index contributed by atoms with van der Waals surface area (Å²) < 4.78 is 22.4. The summed E-state index contributed by atoms with van der Waals surface area (Å²) in [7, 11) is -3.02. The quantitative estimate of drug-likeness (QED) is 0.822. The molecule has 1 aliphatic rings. The number of nitrogens with one attached hydrogen (secondary N) is 1. The average Bonchev–Trinajstić information content (AvgIpc) is 2.72. The molecule has 0 bridgehead atoms. The zero-order valence-corrected chi connectivity index (χ0v) is 10.3. The number of rotatable bonds is 2. The number of amides is 1. The predicted octanol–water partition coefficient (Wildman–Crippen LogP) is 0.220. The molecule has 2 heterocycles. The molecule has 0 aromatic carbocycles. The molecular weight excluding hydrogens is 250 g/mol. The van der Waals surface area contributed by atoms with Crippen LogP contribution in [-0.4, -0.2) is 36.0 Å². The van der Waals surface area contributed by atoms with Crippen molar-refractivity contribution in [3.05, 3.63) is 5.01 Å². The van der Waals surface area contributed by atoms with Crippen LogP contribution in [0.2, 0.25) is 0 Å². The van der Waals surface area contributed by atoms with Crippen molar-refractivity contribution in [2.45, 2.75) is 13.3 Å². The number of hydrogen-bond acceptors (Lipinski definition) is 6. The molecule has 0 aliphatic carbocycles. The van der Waals surface area contributed by atoms with Crippen molar-refractivity contribution in [3.63, 3.8) is 0 Å². The summed E-state index contributed by atoms with van der Waals surface area (Å²) >= 11 is 1.27. The Bertz CT molecular complexity index is 508. The van der Waals surface area contributed by atoms with E-state index in [-0.39, 0.29) is 17.4 Å². The van der Waals surface area contributed by atoms with Crippen molar-refractivity contribution < 1.29 is 13.2 Å². The summed E-state index contributed by atoms with van der Waals surface area (Å²) in [6.07, 6.45) is 0.395. The van der Waals surface area contributed by atoms with Crippen molar-refractivity contribution in [1.29, 1.82) is 0 Å². The average molecular weight is 261 g/mol. The third-order valence-corrected chi connectivity index (χ3v) is 4.88. The molecule has 6 nitrogen and oxygen atoms in total. The largest absolute Gasteiger partial charge is 0.300 e. The van der Waals surface area contributed by atoms with Crippen LogP contribution in [0.25, 0.3) is 0 Å². The number of carbonyl (C=O) groups is 1. The van der Waals surface area contributed by atoms with Gasteiger partial charge in [0, 0.05) is 0 Å². The van der Waals surface area contributed by atoms with E-state index in [0.717, 1.165) is 5.01 Å². The van der Waals surface area contributed by atoms with Gasteiger partial charge in [0.2, 0.25) is 11.0 Å². The minimum atomic E-state index is -3.02. The Morgan fingerprint density at radius 1 is 1.50 bits per heavy atom. The Morgan fingerprint density at radius 3 is 2.75 bits per heavy atom. The Balaban J connectivity index is 1.99. The van der Waals surface area contributed by atoms with Crippen LogP contribution in [0, 0.1) is 12.8 Å². The molecule has 2 rings (SSSR count). The highest BCUT2D eigenvalue weighted by Gasteiger charge is 2.33. The van der Waals surface area contributed by atoms with Crippen molar-refractivity contribution in [2.75, 3.05) is 16.8 Å². The highest BCUT2D eigenvalue weighted by molar-refractivity contribution is 7.91. The summed E-state index contributed by atoms with van der Waals surface area (Å²) in [4.78, 5) is 11.7. The normalized spacial score (nSPS) is 23.2. The van der Waals surface area contributed by atoms with Gasteiger partial charge in [0.25, 0.3) is 0 Å².